The molecule has 0 amide bonds. The molecule has 0 saturated heterocycles. The Labute approximate surface area is 239 Å². The predicted octanol–water partition coefficient (Wildman–Crippen LogP) is 6.93. The van der Waals surface area contributed by atoms with Gasteiger partial charge in [-0.25, -0.2) is 0 Å². The molecule has 0 bridgehead atoms. The second kappa shape index (κ2) is 12.0. The van der Waals surface area contributed by atoms with Gasteiger partial charge in [0.25, 0.3) is 0 Å². The van der Waals surface area contributed by atoms with Gasteiger partial charge in [0.2, 0.25) is 6.71 Å². The Balaban J connectivity index is 1.84. The van der Waals surface area contributed by atoms with Crippen LogP contribution in [0.15, 0.2) is 124 Å². The van der Waals surface area contributed by atoms with E-state index >= 15 is 0 Å². The molecular formula is C38H39BO. The first-order chi connectivity index (χ1) is 19.4. The molecule has 40 heavy (non-hydrogen) atoms. The maximum absolute atomic E-state index is 6.22. The molecule has 2 aromatic carbocycles. The molecule has 2 unspecified atom stereocenters. The van der Waals surface area contributed by atoms with Crippen molar-refractivity contribution in [3.63, 3.8) is 0 Å². The molecule has 1 heterocycles. The molecule has 1 aromatic heterocycles. The largest absolute Gasteiger partial charge is 0.456 e. The summed E-state index contributed by atoms with van der Waals surface area (Å²) in [4.78, 5) is 0. The van der Waals surface area contributed by atoms with Crippen molar-refractivity contribution in [2.75, 3.05) is 0 Å². The zero-order valence-corrected chi connectivity index (χ0v) is 24.4. The van der Waals surface area contributed by atoms with Gasteiger partial charge in [-0.1, -0.05) is 153 Å². The predicted molar refractivity (Wildman–Crippen MR) is 175 cm³/mol. The molecule has 0 radical (unpaired) electrons. The van der Waals surface area contributed by atoms with Crippen molar-refractivity contribution < 1.29 is 4.42 Å². The molecule has 2 heteroatoms. The highest BCUT2D eigenvalue weighted by atomic mass is 16.3. The van der Waals surface area contributed by atoms with Gasteiger partial charge in [-0.2, -0.15) is 0 Å². The summed E-state index contributed by atoms with van der Waals surface area (Å²) in [6, 6.07) is 17.0. The van der Waals surface area contributed by atoms with Crippen LogP contribution in [0.5, 0.6) is 0 Å². The molecule has 2 aliphatic rings. The first-order valence-corrected chi connectivity index (χ1v) is 14.5. The fourth-order valence-electron chi connectivity index (χ4n) is 6.20. The van der Waals surface area contributed by atoms with E-state index in [0.717, 1.165) is 28.0 Å². The first kappa shape index (κ1) is 27.5. The Bertz CT molecular complexity index is 1850. The second-order valence-electron chi connectivity index (χ2n) is 11.0. The number of allylic oxidation sites excluding steroid dienone is 12. The monoisotopic (exact) mass is 522 g/mol. The van der Waals surface area contributed by atoms with Crippen LogP contribution in [0.2, 0.25) is 0 Å². The normalized spacial score (nSPS) is 20.9. The maximum atomic E-state index is 6.22. The van der Waals surface area contributed by atoms with Crippen LogP contribution in [0.3, 0.4) is 0 Å². The Kier molecular flexibility index (Phi) is 8.26. The molecule has 1 nitrogen and oxygen atoms in total. The highest BCUT2D eigenvalue weighted by Gasteiger charge is 2.32. The maximum Gasteiger partial charge on any atom is 0.234 e. The summed E-state index contributed by atoms with van der Waals surface area (Å²) >= 11 is 0. The zero-order valence-electron chi connectivity index (χ0n) is 24.4. The standard InChI is InChI=1S/C38H39BO/c1-7-15-27(3)37(32-20-10-8-16-26(32)2)39(38-28(4)17-14-19-31-18-9-11-22-34(31)38)29(5)24-25-35-30(6)33-21-12-13-23-36(33)40-35/h8-26,28H,6-7H2,1-5H3/b27-15-,29-24+,35-25+,37-32+. The summed E-state index contributed by atoms with van der Waals surface area (Å²) in [5.74, 6) is 0.603. The van der Waals surface area contributed by atoms with Crippen LogP contribution < -0.4 is 21.1 Å². The number of furan rings is 1. The van der Waals surface area contributed by atoms with Crippen LogP contribution in [0.4, 0.5) is 0 Å². The molecule has 0 fully saturated rings. The molecule has 5 rings (SSSR count). The molecule has 2 atom stereocenters. The molecule has 0 aliphatic heterocycles. The summed E-state index contributed by atoms with van der Waals surface area (Å²) in [7, 11) is 0. The Morgan fingerprint density at radius 3 is 2.48 bits per heavy atom. The van der Waals surface area contributed by atoms with Crippen LogP contribution in [0, 0.1) is 11.8 Å². The average Bonchev–Trinajstić information content (AvgIpc) is 3.18. The summed E-state index contributed by atoms with van der Waals surface area (Å²) < 4.78 is 6.22. The van der Waals surface area contributed by atoms with Crippen LogP contribution in [-0.4, -0.2) is 6.71 Å². The van der Waals surface area contributed by atoms with E-state index in [-0.39, 0.29) is 12.6 Å². The molecule has 0 saturated carbocycles. The van der Waals surface area contributed by atoms with Crippen LogP contribution in [0.25, 0.3) is 35.2 Å². The smallest absolute Gasteiger partial charge is 0.234 e. The zero-order chi connectivity index (χ0) is 28.2. The van der Waals surface area contributed by atoms with Crippen molar-refractivity contribution in [1.82, 2.24) is 0 Å². The minimum Gasteiger partial charge on any atom is -0.456 e. The number of rotatable bonds is 6. The lowest BCUT2D eigenvalue weighted by Gasteiger charge is -2.29. The molecule has 2 aliphatic carbocycles. The Morgan fingerprint density at radius 2 is 1.70 bits per heavy atom. The second-order valence-corrected chi connectivity index (χ2v) is 11.0. The lowest BCUT2D eigenvalue weighted by Crippen LogP contribution is -2.37. The Hall–Kier alpha value is -4.04. The molecule has 3 aromatic rings. The van der Waals surface area contributed by atoms with Gasteiger partial charge >= 0.3 is 0 Å². The topological polar surface area (TPSA) is 13.1 Å². The quantitative estimate of drug-likeness (QED) is 0.320. The third-order valence-electron chi connectivity index (χ3n) is 8.24. The van der Waals surface area contributed by atoms with E-state index in [4.69, 9.17) is 4.42 Å². The van der Waals surface area contributed by atoms with Crippen LogP contribution >= 0.6 is 0 Å². The van der Waals surface area contributed by atoms with Crippen molar-refractivity contribution >= 4 is 41.9 Å². The number of hydrogen-bond acceptors (Lipinski definition) is 1. The molecular weight excluding hydrogens is 483 g/mol. The van der Waals surface area contributed by atoms with Crippen molar-refractivity contribution in [3.05, 3.63) is 140 Å². The highest BCUT2D eigenvalue weighted by Crippen LogP contribution is 2.35. The van der Waals surface area contributed by atoms with E-state index in [1.807, 2.05) is 18.2 Å². The average molecular weight is 523 g/mol. The van der Waals surface area contributed by atoms with Gasteiger partial charge < -0.3 is 4.42 Å². The van der Waals surface area contributed by atoms with E-state index < -0.39 is 0 Å². The van der Waals surface area contributed by atoms with Crippen molar-refractivity contribution in [2.24, 2.45) is 11.8 Å². The Morgan fingerprint density at radius 1 is 0.950 bits per heavy atom. The van der Waals surface area contributed by atoms with Crippen molar-refractivity contribution in [3.8, 4) is 0 Å². The van der Waals surface area contributed by atoms with Gasteiger partial charge in [-0.15, -0.1) is 0 Å². The minimum atomic E-state index is 0.0950. The molecule has 0 spiro atoms. The number of fused-ring (bicyclic) bond motifs is 2. The van der Waals surface area contributed by atoms with Crippen LogP contribution in [-0.2, 0) is 0 Å². The van der Waals surface area contributed by atoms with Gasteiger partial charge in [0.1, 0.15) is 11.0 Å². The SMILES string of the molecule is C=c1/c(=C\C=C(/C)B(C2=c3ccccc3=CC=CC2C)C(/C(C)=C\CC)=C2\C=CC=CC2C)oc2ccccc12. The van der Waals surface area contributed by atoms with E-state index in [2.05, 4.69) is 132 Å². The van der Waals surface area contributed by atoms with E-state index in [1.165, 1.54) is 38.0 Å². The number of para-hydroxylation sites is 1. The first-order valence-electron chi connectivity index (χ1n) is 14.5. The third-order valence-corrected chi connectivity index (χ3v) is 8.24. The van der Waals surface area contributed by atoms with Crippen LogP contribution in [0.1, 0.15) is 41.0 Å². The summed E-state index contributed by atoms with van der Waals surface area (Å²) in [5.41, 5.74) is 8.55. The van der Waals surface area contributed by atoms with Gasteiger partial charge in [-0.05, 0) is 53.3 Å². The molecule has 0 N–H and O–H groups in total. The van der Waals surface area contributed by atoms with Gasteiger partial charge in [-0.3, -0.25) is 0 Å². The fourth-order valence-corrected chi connectivity index (χ4v) is 6.20. The van der Waals surface area contributed by atoms with Gasteiger partial charge in [0.15, 0.2) is 0 Å². The lowest BCUT2D eigenvalue weighted by atomic mass is 9.31. The minimum absolute atomic E-state index is 0.0950. The number of hydrogen-bond donors (Lipinski definition) is 0. The van der Waals surface area contributed by atoms with Gasteiger partial charge in [0, 0.05) is 10.6 Å². The third kappa shape index (κ3) is 5.36. The summed E-state index contributed by atoms with van der Waals surface area (Å²) in [6.07, 6.45) is 23.5. The fraction of sp³-hybridized carbons (Fsp3) is 0.211. The summed E-state index contributed by atoms with van der Waals surface area (Å²) in [5, 5.41) is 4.59. The van der Waals surface area contributed by atoms with E-state index in [1.54, 1.807) is 0 Å². The number of benzene rings is 2. The highest BCUT2D eigenvalue weighted by molar-refractivity contribution is 6.90. The van der Waals surface area contributed by atoms with E-state index in [9.17, 15) is 0 Å². The van der Waals surface area contributed by atoms with Crippen molar-refractivity contribution in [2.45, 2.75) is 41.0 Å². The van der Waals surface area contributed by atoms with Gasteiger partial charge in [0.05, 0.1) is 0 Å². The summed E-state index contributed by atoms with van der Waals surface area (Å²) in [6.45, 7) is 15.9. The van der Waals surface area contributed by atoms with Crippen molar-refractivity contribution in [1.29, 1.82) is 0 Å². The van der Waals surface area contributed by atoms with E-state index in [0.29, 0.717) is 5.92 Å². The lowest BCUT2D eigenvalue weighted by molar-refractivity contribution is 0.576. The molecule has 200 valence electrons.